The van der Waals surface area contributed by atoms with E-state index in [1.54, 1.807) is 0 Å². The lowest BCUT2D eigenvalue weighted by atomic mass is 10.1. The van der Waals surface area contributed by atoms with Crippen LogP contribution in [-0.2, 0) is 0 Å². The first-order valence-electron chi connectivity index (χ1n) is 8.60. The first kappa shape index (κ1) is 16.4. The summed E-state index contributed by atoms with van der Waals surface area (Å²) in [5.74, 6) is 0.857. The molecule has 1 saturated heterocycles. The summed E-state index contributed by atoms with van der Waals surface area (Å²) < 4.78 is 5.63. The van der Waals surface area contributed by atoms with Crippen LogP contribution in [0.5, 0.6) is 5.75 Å². The third-order valence-corrected chi connectivity index (χ3v) is 4.24. The molecule has 126 valence electrons. The first-order valence-corrected chi connectivity index (χ1v) is 8.60. The number of benzene rings is 2. The fourth-order valence-corrected chi connectivity index (χ4v) is 2.93. The Labute approximate surface area is 143 Å². The predicted molar refractivity (Wildman–Crippen MR) is 96.8 cm³/mol. The van der Waals surface area contributed by atoms with Crippen molar-refractivity contribution in [2.45, 2.75) is 13.3 Å². The van der Waals surface area contributed by atoms with Gasteiger partial charge < -0.3 is 14.5 Å². The maximum Gasteiger partial charge on any atom is 0.254 e. The van der Waals surface area contributed by atoms with Gasteiger partial charge in [0.1, 0.15) is 5.75 Å². The van der Waals surface area contributed by atoms with Gasteiger partial charge in [0.2, 0.25) is 0 Å². The summed E-state index contributed by atoms with van der Waals surface area (Å²) in [4.78, 5) is 17.0. The Balaban J connectivity index is 1.61. The van der Waals surface area contributed by atoms with E-state index in [1.165, 1.54) is 5.69 Å². The Bertz CT molecular complexity index is 664. The molecule has 4 heteroatoms. The number of carbonyl (C=O) groups is 1. The lowest BCUT2D eigenvalue weighted by Gasteiger charge is -2.36. The Morgan fingerprint density at radius 1 is 1.00 bits per heavy atom. The first-order chi connectivity index (χ1) is 11.8. The summed E-state index contributed by atoms with van der Waals surface area (Å²) in [6.07, 6.45) is 0.958. The predicted octanol–water partition coefficient (Wildman–Crippen LogP) is 3.44. The highest BCUT2D eigenvalue weighted by Gasteiger charge is 2.22. The van der Waals surface area contributed by atoms with Crippen LogP contribution in [0.1, 0.15) is 23.7 Å². The molecule has 1 aliphatic heterocycles. The molecule has 0 bridgehead atoms. The number of ether oxygens (including phenoxy) is 1. The monoisotopic (exact) mass is 324 g/mol. The highest BCUT2D eigenvalue weighted by Crippen LogP contribution is 2.19. The molecule has 3 rings (SSSR count). The van der Waals surface area contributed by atoms with Crippen molar-refractivity contribution in [3.63, 3.8) is 0 Å². The van der Waals surface area contributed by atoms with Crippen LogP contribution in [0.4, 0.5) is 5.69 Å². The van der Waals surface area contributed by atoms with Crippen LogP contribution >= 0.6 is 0 Å². The zero-order valence-electron chi connectivity index (χ0n) is 14.1. The summed E-state index contributed by atoms with van der Waals surface area (Å²) in [7, 11) is 0. The van der Waals surface area contributed by atoms with Gasteiger partial charge in [-0.3, -0.25) is 4.79 Å². The zero-order valence-corrected chi connectivity index (χ0v) is 14.1. The van der Waals surface area contributed by atoms with E-state index in [1.807, 2.05) is 35.2 Å². The number of anilines is 1. The Kier molecular flexibility index (Phi) is 5.36. The number of rotatable bonds is 5. The van der Waals surface area contributed by atoms with E-state index in [4.69, 9.17) is 4.74 Å². The Hall–Kier alpha value is -2.49. The van der Waals surface area contributed by atoms with Crippen molar-refractivity contribution in [2.75, 3.05) is 37.7 Å². The Morgan fingerprint density at radius 2 is 1.75 bits per heavy atom. The van der Waals surface area contributed by atoms with Crippen molar-refractivity contribution in [3.8, 4) is 5.75 Å². The van der Waals surface area contributed by atoms with Crippen molar-refractivity contribution in [1.82, 2.24) is 4.90 Å². The highest BCUT2D eigenvalue weighted by atomic mass is 16.5. The third kappa shape index (κ3) is 3.88. The lowest BCUT2D eigenvalue weighted by Crippen LogP contribution is -2.48. The molecule has 2 aromatic carbocycles. The van der Waals surface area contributed by atoms with Crippen LogP contribution in [0, 0.1) is 0 Å². The smallest absolute Gasteiger partial charge is 0.254 e. The van der Waals surface area contributed by atoms with Gasteiger partial charge in [-0.05, 0) is 36.8 Å². The molecule has 0 saturated carbocycles. The van der Waals surface area contributed by atoms with Crippen LogP contribution in [0.3, 0.4) is 0 Å². The van der Waals surface area contributed by atoms with Crippen molar-refractivity contribution < 1.29 is 9.53 Å². The number of piperazine rings is 1. The summed E-state index contributed by atoms with van der Waals surface area (Å²) in [6, 6.07) is 17.9. The molecule has 0 radical (unpaired) electrons. The van der Waals surface area contributed by atoms with Gasteiger partial charge in [0, 0.05) is 37.4 Å². The molecule has 1 amide bonds. The minimum atomic E-state index is 0.0876. The van der Waals surface area contributed by atoms with E-state index in [2.05, 4.69) is 36.1 Å². The van der Waals surface area contributed by atoms with E-state index >= 15 is 0 Å². The molecular weight excluding hydrogens is 300 g/mol. The minimum Gasteiger partial charge on any atom is -0.494 e. The van der Waals surface area contributed by atoms with Crippen molar-refractivity contribution in [1.29, 1.82) is 0 Å². The molecule has 0 unspecified atom stereocenters. The molecular formula is C20H24N2O2. The third-order valence-electron chi connectivity index (χ3n) is 4.24. The lowest BCUT2D eigenvalue weighted by molar-refractivity contribution is 0.0746. The Morgan fingerprint density at radius 3 is 2.46 bits per heavy atom. The number of amides is 1. The quantitative estimate of drug-likeness (QED) is 0.844. The van der Waals surface area contributed by atoms with Crippen LogP contribution in [0.25, 0.3) is 0 Å². The molecule has 0 aromatic heterocycles. The van der Waals surface area contributed by atoms with Gasteiger partial charge in [0.15, 0.2) is 0 Å². The van der Waals surface area contributed by atoms with Crippen LogP contribution in [0.15, 0.2) is 54.6 Å². The number of carbonyl (C=O) groups excluding carboxylic acids is 1. The highest BCUT2D eigenvalue weighted by molar-refractivity contribution is 5.94. The standard InChI is InChI=1S/C20H24N2O2/c1-2-15-24-19-10-6-7-17(16-19)20(23)22-13-11-21(12-14-22)18-8-4-3-5-9-18/h3-10,16H,2,11-15H2,1H3. The molecule has 1 aliphatic rings. The second-order valence-electron chi connectivity index (χ2n) is 5.99. The second kappa shape index (κ2) is 7.86. The maximum absolute atomic E-state index is 12.7. The van der Waals surface area contributed by atoms with Crippen molar-refractivity contribution >= 4 is 11.6 Å². The van der Waals surface area contributed by atoms with Gasteiger partial charge >= 0.3 is 0 Å². The summed E-state index contributed by atoms with van der Waals surface area (Å²) in [5, 5.41) is 0. The summed E-state index contributed by atoms with van der Waals surface area (Å²) in [5.41, 5.74) is 1.93. The average molecular weight is 324 g/mol. The molecule has 2 aromatic rings. The minimum absolute atomic E-state index is 0.0876. The average Bonchev–Trinajstić information content (AvgIpc) is 2.67. The van der Waals surface area contributed by atoms with E-state index < -0.39 is 0 Å². The fraction of sp³-hybridized carbons (Fsp3) is 0.350. The molecule has 24 heavy (non-hydrogen) atoms. The van der Waals surface area contributed by atoms with Gasteiger partial charge in [-0.25, -0.2) is 0 Å². The largest absolute Gasteiger partial charge is 0.494 e. The molecule has 0 atom stereocenters. The SMILES string of the molecule is CCCOc1cccc(C(=O)N2CCN(c3ccccc3)CC2)c1. The van der Waals surface area contributed by atoms with E-state index in [-0.39, 0.29) is 5.91 Å². The zero-order chi connectivity index (χ0) is 16.8. The normalized spacial score (nSPS) is 14.5. The fourth-order valence-electron chi connectivity index (χ4n) is 2.93. The van der Waals surface area contributed by atoms with Gasteiger partial charge in [0.05, 0.1) is 6.61 Å². The van der Waals surface area contributed by atoms with Crippen molar-refractivity contribution in [3.05, 3.63) is 60.2 Å². The number of para-hydroxylation sites is 1. The molecule has 4 nitrogen and oxygen atoms in total. The maximum atomic E-state index is 12.7. The van der Waals surface area contributed by atoms with Gasteiger partial charge in [-0.2, -0.15) is 0 Å². The molecule has 1 heterocycles. The summed E-state index contributed by atoms with van der Waals surface area (Å²) >= 11 is 0. The van der Waals surface area contributed by atoms with E-state index in [9.17, 15) is 4.79 Å². The van der Waals surface area contributed by atoms with Crippen LogP contribution in [-0.4, -0.2) is 43.6 Å². The number of nitrogens with zero attached hydrogens (tertiary/aromatic N) is 2. The van der Waals surface area contributed by atoms with Gasteiger partial charge in [0.25, 0.3) is 5.91 Å². The van der Waals surface area contributed by atoms with E-state index in [0.29, 0.717) is 12.2 Å². The summed E-state index contributed by atoms with van der Waals surface area (Å²) in [6.45, 7) is 5.96. The molecule has 0 spiro atoms. The molecule has 0 aliphatic carbocycles. The second-order valence-corrected chi connectivity index (χ2v) is 5.99. The van der Waals surface area contributed by atoms with E-state index in [0.717, 1.165) is 38.3 Å². The molecule has 0 N–H and O–H groups in total. The van der Waals surface area contributed by atoms with Crippen LogP contribution < -0.4 is 9.64 Å². The topological polar surface area (TPSA) is 32.8 Å². The number of hydrogen-bond acceptors (Lipinski definition) is 3. The van der Waals surface area contributed by atoms with Gasteiger partial charge in [-0.1, -0.05) is 31.2 Å². The molecule has 1 fully saturated rings. The number of hydrogen-bond donors (Lipinski definition) is 0. The van der Waals surface area contributed by atoms with Gasteiger partial charge in [-0.15, -0.1) is 0 Å². The van der Waals surface area contributed by atoms with Crippen LogP contribution in [0.2, 0.25) is 0 Å². The van der Waals surface area contributed by atoms with Crippen molar-refractivity contribution in [2.24, 2.45) is 0 Å².